The summed E-state index contributed by atoms with van der Waals surface area (Å²) in [6, 6.07) is 14.0. The molecular weight excluding hydrogens is 389 g/mol. The van der Waals surface area contributed by atoms with Crippen molar-refractivity contribution in [3.63, 3.8) is 0 Å². The topological polar surface area (TPSA) is 68.0 Å². The van der Waals surface area contributed by atoms with Crippen molar-refractivity contribution in [2.24, 2.45) is 0 Å². The summed E-state index contributed by atoms with van der Waals surface area (Å²) in [7, 11) is 0. The number of hydrogen-bond acceptors (Lipinski definition) is 5. The Morgan fingerprint density at radius 2 is 2.04 bits per heavy atom. The van der Waals surface area contributed by atoms with Crippen LogP contribution in [0.25, 0.3) is 0 Å². The van der Waals surface area contributed by atoms with E-state index in [1.165, 1.54) is 23.8 Å². The van der Waals surface area contributed by atoms with E-state index in [4.69, 9.17) is 16.0 Å². The molecular formula is C19H17ClFN3O2S. The molecule has 140 valence electrons. The molecule has 0 saturated heterocycles. The highest BCUT2D eigenvalue weighted by Gasteiger charge is 2.14. The molecule has 1 aromatic heterocycles. The predicted molar refractivity (Wildman–Crippen MR) is 104 cm³/mol. The fourth-order valence-corrected chi connectivity index (χ4v) is 3.20. The van der Waals surface area contributed by atoms with Crippen molar-refractivity contribution < 1.29 is 13.6 Å². The fraction of sp³-hybridized carbons (Fsp3) is 0.211. The number of rotatable bonds is 7. The molecule has 3 aromatic rings. The summed E-state index contributed by atoms with van der Waals surface area (Å²) in [6.07, 6.45) is 0.609. The molecule has 0 aliphatic rings. The van der Waals surface area contributed by atoms with Crippen LogP contribution in [-0.4, -0.2) is 21.9 Å². The van der Waals surface area contributed by atoms with Gasteiger partial charge in [-0.25, -0.2) is 4.39 Å². The zero-order valence-corrected chi connectivity index (χ0v) is 16.1. The van der Waals surface area contributed by atoms with Crippen molar-refractivity contribution in [1.29, 1.82) is 0 Å². The van der Waals surface area contributed by atoms with E-state index in [0.717, 1.165) is 11.8 Å². The predicted octanol–water partition coefficient (Wildman–Crippen LogP) is 4.94. The number of carbonyl (C=O) groups excluding carboxylic acids is 1. The highest BCUT2D eigenvalue weighted by Crippen LogP contribution is 2.23. The molecule has 1 atom stereocenters. The van der Waals surface area contributed by atoms with Crippen molar-refractivity contribution in [3.05, 3.63) is 70.8 Å². The summed E-state index contributed by atoms with van der Waals surface area (Å²) in [5, 5.41) is 11.1. The summed E-state index contributed by atoms with van der Waals surface area (Å²) in [5.74, 6) is -0.179. The van der Waals surface area contributed by atoms with Crippen molar-refractivity contribution in [2.75, 3.05) is 11.1 Å². The van der Waals surface area contributed by atoms with Gasteiger partial charge in [0.15, 0.2) is 0 Å². The van der Waals surface area contributed by atoms with Crippen molar-refractivity contribution in [3.8, 4) is 0 Å². The molecule has 1 N–H and O–H groups in total. The van der Waals surface area contributed by atoms with Crippen LogP contribution in [0.5, 0.6) is 0 Å². The van der Waals surface area contributed by atoms with Crippen LogP contribution in [0.15, 0.2) is 58.2 Å². The van der Waals surface area contributed by atoms with Crippen LogP contribution in [0.4, 0.5) is 10.1 Å². The third-order valence-electron chi connectivity index (χ3n) is 3.83. The van der Waals surface area contributed by atoms with Gasteiger partial charge in [-0.3, -0.25) is 4.79 Å². The van der Waals surface area contributed by atoms with Gasteiger partial charge in [0.25, 0.3) is 5.22 Å². The Bertz CT molecular complexity index is 920. The van der Waals surface area contributed by atoms with E-state index in [1.54, 1.807) is 0 Å². The van der Waals surface area contributed by atoms with Crippen LogP contribution >= 0.6 is 23.4 Å². The monoisotopic (exact) mass is 405 g/mol. The van der Waals surface area contributed by atoms with Crippen molar-refractivity contribution in [2.45, 2.75) is 24.5 Å². The van der Waals surface area contributed by atoms with E-state index in [0.29, 0.717) is 22.6 Å². The third-order valence-corrected chi connectivity index (χ3v) is 4.88. The Balaban J connectivity index is 1.52. The minimum absolute atomic E-state index is 0.0157. The molecule has 3 rings (SSSR count). The maximum atomic E-state index is 13.6. The highest BCUT2D eigenvalue weighted by atomic mass is 35.5. The zero-order valence-electron chi connectivity index (χ0n) is 14.5. The van der Waals surface area contributed by atoms with Crippen LogP contribution in [0.1, 0.15) is 24.3 Å². The smallest absolute Gasteiger partial charge is 0.277 e. The molecule has 1 amide bonds. The van der Waals surface area contributed by atoms with Gasteiger partial charge in [0, 0.05) is 11.4 Å². The molecule has 1 heterocycles. The Morgan fingerprint density at radius 1 is 1.26 bits per heavy atom. The number of anilines is 1. The summed E-state index contributed by atoms with van der Waals surface area (Å²) in [5.41, 5.74) is 1.23. The quantitative estimate of drug-likeness (QED) is 0.564. The van der Waals surface area contributed by atoms with Crippen LogP contribution in [0.2, 0.25) is 5.02 Å². The third kappa shape index (κ3) is 5.55. The standard InChI is InChI=1S/C19H17ClFN3O2S/c1-12(13-5-3-2-4-6-13)9-18-23-24-19(26-18)27-11-17(25)22-16-10-14(20)7-8-15(16)21/h2-8,10,12H,9,11H2,1H3,(H,22,25). The molecule has 5 nitrogen and oxygen atoms in total. The van der Waals surface area contributed by atoms with Gasteiger partial charge in [-0.1, -0.05) is 60.6 Å². The summed E-state index contributed by atoms with van der Waals surface area (Å²) >= 11 is 6.90. The van der Waals surface area contributed by atoms with Gasteiger partial charge in [-0.2, -0.15) is 0 Å². The lowest BCUT2D eigenvalue weighted by Gasteiger charge is -2.08. The van der Waals surface area contributed by atoms with E-state index in [9.17, 15) is 9.18 Å². The lowest BCUT2D eigenvalue weighted by molar-refractivity contribution is -0.113. The van der Waals surface area contributed by atoms with Gasteiger partial charge in [-0.05, 0) is 29.7 Å². The first kappa shape index (κ1) is 19.4. The van der Waals surface area contributed by atoms with Gasteiger partial charge < -0.3 is 9.73 Å². The first-order chi connectivity index (χ1) is 13.0. The number of halogens is 2. The number of hydrogen-bond donors (Lipinski definition) is 1. The Kier molecular flexibility index (Phi) is 6.47. The molecule has 0 fully saturated rings. The number of nitrogens with one attached hydrogen (secondary N) is 1. The van der Waals surface area contributed by atoms with Gasteiger partial charge in [0.2, 0.25) is 11.8 Å². The second-order valence-corrected chi connectivity index (χ2v) is 7.30. The average molecular weight is 406 g/mol. The summed E-state index contributed by atoms with van der Waals surface area (Å²) < 4.78 is 19.2. The number of aromatic nitrogens is 2. The maximum Gasteiger partial charge on any atom is 0.277 e. The molecule has 0 bridgehead atoms. The van der Waals surface area contributed by atoms with Crippen molar-refractivity contribution >= 4 is 35.0 Å². The fourth-order valence-electron chi connectivity index (χ4n) is 2.45. The van der Waals surface area contributed by atoms with E-state index in [1.807, 2.05) is 18.2 Å². The number of amides is 1. The van der Waals surface area contributed by atoms with Crippen LogP contribution in [-0.2, 0) is 11.2 Å². The minimum Gasteiger partial charge on any atom is -0.416 e. The number of nitrogens with zero attached hydrogens (tertiary/aromatic N) is 2. The Hall–Kier alpha value is -2.38. The molecule has 27 heavy (non-hydrogen) atoms. The molecule has 0 aliphatic heterocycles. The maximum absolute atomic E-state index is 13.6. The van der Waals surface area contributed by atoms with Gasteiger partial charge in [0.1, 0.15) is 5.82 Å². The summed E-state index contributed by atoms with van der Waals surface area (Å²) in [4.78, 5) is 12.0. The van der Waals surface area contributed by atoms with Gasteiger partial charge in [0.05, 0.1) is 11.4 Å². The lowest BCUT2D eigenvalue weighted by Crippen LogP contribution is -2.15. The highest BCUT2D eigenvalue weighted by molar-refractivity contribution is 7.99. The number of carbonyl (C=O) groups is 1. The molecule has 0 saturated carbocycles. The first-order valence-electron chi connectivity index (χ1n) is 8.26. The average Bonchev–Trinajstić information content (AvgIpc) is 3.11. The second kappa shape index (κ2) is 9.01. The van der Waals surface area contributed by atoms with Crippen LogP contribution in [0, 0.1) is 5.82 Å². The summed E-state index contributed by atoms with van der Waals surface area (Å²) in [6.45, 7) is 2.08. The number of benzene rings is 2. The normalized spacial score (nSPS) is 12.0. The Labute approximate surface area is 165 Å². The molecule has 1 unspecified atom stereocenters. The minimum atomic E-state index is -0.548. The lowest BCUT2D eigenvalue weighted by atomic mass is 9.98. The number of thioether (sulfide) groups is 1. The SMILES string of the molecule is CC(Cc1nnc(SCC(=O)Nc2cc(Cl)ccc2F)o1)c1ccccc1. The molecule has 0 radical (unpaired) electrons. The largest absolute Gasteiger partial charge is 0.416 e. The Morgan fingerprint density at radius 3 is 2.81 bits per heavy atom. The van der Waals surface area contributed by atoms with Crippen molar-refractivity contribution in [1.82, 2.24) is 10.2 Å². The van der Waals surface area contributed by atoms with Gasteiger partial charge >= 0.3 is 0 Å². The van der Waals surface area contributed by atoms with Crippen LogP contribution < -0.4 is 5.32 Å². The van der Waals surface area contributed by atoms with E-state index in [-0.39, 0.29) is 17.4 Å². The zero-order chi connectivity index (χ0) is 19.2. The molecule has 0 aliphatic carbocycles. The molecule has 8 heteroatoms. The van der Waals surface area contributed by atoms with E-state index >= 15 is 0 Å². The molecule has 0 spiro atoms. The van der Waals surface area contributed by atoms with Gasteiger partial charge in [-0.15, -0.1) is 10.2 Å². The van der Waals surface area contributed by atoms with E-state index < -0.39 is 11.7 Å². The first-order valence-corrected chi connectivity index (χ1v) is 9.62. The van der Waals surface area contributed by atoms with Crippen LogP contribution in [0.3, 0.4) is 0 Å². The van der Waals surface area contributed by atoms with E-state index in [2.05, 4.69) is 34.6 Å². The second-order valence-electron chi connectivity index (χ2n) is 5.94. The molecule has 2 aromatic carbocycles.